The Morgan fingerprint density at radius 1 is 1.11 bits per heavy atom. The standard InChI is InChI=1S/C23H29N3OS/c1-18-10-9-13-20(16-18)24-22(27)17-28-23(25-19-11-5-3-6-12-19)26(2)21-14-7-4-8-15-21/h3,5-6,9-13,16,21H,4,7-8,14-15,17H2,1-2H3,(H,24,27). The lowest BCUT2D eigenvalue weighted by molar-refractivity contribution is -0.113. The molecule has 1 fully saturated rings. The number of carbonyl (C=O) groups is 1. The van der Waals surface area contributed by atoms with Crippen molar-refractivity contribution in [3.8, 4) is 0 Å². The lowest BCUT2D eigenvalue weighted by Crippen LogP contribution is -2.37. The summed E-state index contributed by atoms with van der Waals surface area (Å²) < 4.78 is 0. The highest BCUT2D eigenvalue weighted by molar-refractivity contribution is 8.14. The molecule has 0 spiro atoms. The highest BCUT2D eigenvalue weighted by atomic mass is 32.2. The number of hydrogen-bond donors (Lipinski definition) is 1. The van der Waals surface area contributed by atoms with Gasteiger partial charge in [0, 0.05) is 18.8 Å². The summed E-state index contributed by atoms with van der Waals surface area (Å²) in [6.45, 7) is 2.02. The summed E-state index contributed by atoms with van der Waals surface area (Å²) in [5.41, 5.74) is 2.90. The zero-order valence-electron chi connectivity index (χ0n) is 16.7. The molecule has 1 amide bonds. The molecule has 28 heavy (non-hydrogen) atoms. The van der Waals surface area contributed by atoms with Gasteiger partial charge in [0.2, 0.25) is 5.91 Å². The van der Waals surface area contributed by atoms with Crippen LogP contribution in [0.4, 0.5) is 11.4 Å². The molecule has 3 rings (SSSR count). The Kier molecular flexibility index (Phi) is 7.54. The van der Waals surface area contributed by atoms with Crippen LogP contribution in [0, 0.1) is 6.92 Å². The van der Waals surface area contributed by atoms with Gasteiger partial charge in [0.1, 0.15) is 0 Å². The van der Waals surface area contributed by atoms with Gasteiger partial charge >= 0.3 is 0 Å². The van der Waals surface area contributed by atoms with Gasteiger partial charge < -0.3 is 10.2 Å². The van der Waals surface area contributed by atoms with Crippen LogP contribution in [0.3, 0.4) is 0 Å². The number of nitrogens with one attached hydrogen (secondary N) is 1. The summed E-state index contributed by atoms with van der Waals surface area (Å²) in [5.74, 6) is 0.338. The molecule has 1 aliphatic carbocycles. The second kappa shape index (κ2) is 10.3. The monoisotopic (exact) mass is 395 g/mol. The third kappa shape index (κ3) is 6.13. The van der Waals surface area contributed by atoms with Gasteiger partial charge in [-0.25, -0.2) is 4.99 Å². The van der Waals surface area contributed by atoms with Crippen LogP contribution in [0.1, 0.15) is 37.7 Å². The van der Waals surface area contributed by atoms with Crippen LogP contribution in [0.2, 0.25) is 0 Å². The Balaban J connectivity index is 1.68. The zero-order valence-corrected chi connectivity index (χ0v) is 17.5. The number of amidine groups is 1. The van der Waals surface area contributed by atoms with Crippen molar-refractivity contribution < 1.29 is 4.79 Å². The maximum atomic E-state index is 12.5. The zero-order chi connectivity index (χ0) is 19.8. The molecule has 0 unspecified atom stereocenters. The summed E-state index contributed by atoms with van der Waals surface area (Å²) in [4.78, 5) is 19.6. The quantitative estimate of drug-likeness (QED) is 0.528. The van der Waals surface area contributed by atoms with E-state index < -0.39 is 0 Å². The minimum atomic E-state index is -0.00611. The summed E-state index contributed by atoms with van der Waals surface area (Å²) in [7, 11) is 2.11. The molecule has 1 aliphatic rings. The third-order valence-corrected chi connectivity index (χ3v) is 6.08. The number of aliphatic imine (C=N–C) groups is 1. The number of amides is 1. The van der Waals surface area contributed by atoms with Crippen molar-refractivity contribution in [2.24, 2.45) is 4.99 Å². The van der Waals surface area contributed by atoms with Crippen LogP contribution in [0.15, 0.2) is 59.6 Å². The number of carbonyl (C=O) groups excluding carboxylic acids is 1. The van der Waals surface area contributed by atoms with E-state index in [9.17, 15) is 4.79 Å². The minimum Gasteiger partial charge on any atom is -0.351 e. The lowest BCUT2D eigenvalue weighted by Gasteiger charge is -2.33. The van der Waals surface area contributed by atoms with Crippen LogP contribution in [-0.4, -0.2) is 34.8 Å². The van der Waals surface area contributed by atoms with Crippen LogP contribution < -0.4 is 5.32 Å². The maximum absolute atomic E-state index is 12.5. The van der Waals surface area contributed by atoms with Crippen molar-refractivity contribution in [1.29, 1.82) is 0 Å². The van der Waals surface area contributed by atoms with Crippen LogP contribution >= 0.6 is 11.8 Å². The van der Waals surface area contributed by atoms with Crippen LogP contribution in [0.5, 0.6) is 0 Å². The van der Waals surface area contributed by atoms with Gasteiger partial charge in [-0.2, -0.15) is 0 Å². The van der Waals surface area contributed by atoms with E-state index in [4.69, 9.17) is 4.99 Å². The summed E-state index contributed by atoms with van der Waals surface area (Å²) >= 11 is 1.51. The summed E-state index contributed by atoms with van der Waals surface area (Å²) in [6.07, 6.45) is 6.25. The number of aryl methyl sites for hydroxylation is 1. The number of anilines is 1. The van der Waals surface area contributed by atoms with Crippen molar-refractivity contribution in [3.63, 3.8) is 0 Å². The second-order valence-corrected chi connectivity index (χ2v) is 8.28. The van der Waals surface area contributed by atoms with Crippen LogP contribution in [0.25, 0.3) is 0 Å². The van der Waals surface area contributed by atoms with E-state index in [0.29, 0.717) is 11.8 Å². The fourth-order valence-electron chi connectivity index (χ4n) is 3.50. The van der Waals surface area contributed by atoms with E-state index in [0.717, 1.165) is 22.1 Å². The van der Waals surface area contributed by atoms with E-state index in [1.54, 1.807) is 0 Å². The predicted molar refractivity (Wildman–Crippen MR) is 120 cm³/mol. The van der Waals surface area contributed by atoms with Gasteiger partial charge in [-0.1, -0.05) is 61.4 Å². The topological polar surface area (TPSA) is 44.7 Å². The molecule has 2 aromatic carbocycles. The lowest BCUT2D eigenvalue weighted by atomic mass is 9.95. The Morgan fingerprint density at radius 3 is 2.57 bits per heavy atom. The average Bonchev–Trinajstić information content (AvgIpc) is 2.72. The molecule has 0 atom stereocenters. The number of hydrogen-bond acceptors (Lipinski definition) is 3. The normalized spacial score (nSPS) is 15.3. The smallest absolute Gasteiger partial charge is 0.234 e. The fourth-order valence-corrected chi connectivity index (χ4v) is 4.36. The predicted octanol–water partition coefficient (Wildman–Crippen LogP) is 5.62. The molecule has 0 bridgehead atoms. The Hall–Kier alpha value is -2.27. The maximum Gasteiger partial charge on any atom is 0.234 e. The summed E-state index contributed by atoms with van der Waals surface area (Å²) in [6, 6.07) is 18.4. The third-order valence-electron chi connectivity index (χ3n) is 5.04. The fraction of sp³-hybridized carbons (Fsp3) is 0.391. The van der Waals surface area contributed by atoms with Crippen molar-refractivity contribution in [1.82, 2.24) is 4.90 Å². The molecule has 148 valence electrons. The van der Waals surface area contributed by atoms with Gasteiger partial charge in [0.25, 0.3) is 0 Å². The highest BCUT2D eigenvalue weighted by Crippen LogP contribution is 2.26. The molecular weight excluding hydrogens is 366 g/mol. The number of thioether (sulfide) groups is 1. The van der Waals surface area contributed by atoms with E-state index >= 15 is 0 Å². The van der Waals surface area contributed by atoms with Crippen LogP contribution in [-0.2, 0) is 4.79 Å². The van der Waals surface area contributed by atoms with E-state index in [-0.39, 0.29) is 5.91 Å². The first-order valence-corrected chi connectivity index (χ1v) is 11.0. The van der Waals surface area contributed by atoms with Crippen molar-refractivity contribution in [3.05, 3.63) is 60.2 Å². The molecule has 4 nitrogen and oxygen atoms in total. The Labute approximate surface area is 172 Å². The molecule has 0 radical (unpaired) electrons. The number of nitrogens with zero attached hydrogens (tertiary/aromatic N) is 2. The molecule has 0 heterocycles. The largest absolute Gasteiger partial charge is 0.351 e. The van der Waals surface area contributed by atoms with Crippen molar-refractivity contribution >= 4 is 34.2 Å². The Bertz CT molecular complexity index is 801. The molecule has 2 aromatic rings. The molecule has 1 N–H and O–H groups in total. The molecular formula is C23H29N3OS. The minimum absolute atomic E-state index is 0.00611. The molecule has 0 aromatic heterocycles. The molecule has 5 heteroatoms. The first-order valence-electron chi connectivity index (χ1n) is 9.98. The van der Waals surface area contributed by atoms with E-state index in [2.05, 4.69) is 17.3 Å². The molecule has 0 saturated heterocycles. The number of rotatable bonds is 5. The van der Waals surface area contributed by atoms with Gasteiger partial charge in [-0.05, 0) is 49.6 Å². The average molecular weight is 396 g/mol. The van der Waals surface area contributed by atoms with E-state index in [1.165, 1.54) is 43.9 Å². The number of para-hydroxylation sites is 1. The first kappa shape index (κ1) is 20.5. The number of benzene rings is 2. The van der Waals surface area contributed by atoms with Gasteiger partial charge in [-0.15, -0.1) is 0 Å². The van der Waals surface area contributed by atoms with E-state index in [1.807, 2.05) is 61.5 Å². The SMILES string of the molecule is Cc1cccc(NC(=O)CSC(=Nc2ccccc2)N(C)C2CCCCC2)c1. The Morgan fingerprint density at radius 2 is 1.86 bits per heavy atom. The van der Waals surface area contributed by atoms with Crippen molar-refractivity contribution in [2.45, 2.75) is 45.1 Å². The van der Waals surface area contributed by atoms with Crippen molar-refractivity contribution in [2.75, 3.05) is 18.1 Å². The molecule has 0 aliphatic heterocycles. The van der Waals surface area contributed by atoms with Gasteiger partial charge in [0.15, 0.2) is 5.17 Å². The van der Waals surface area contributed by atoms with Gasteiger partial charge in [0.05, 0.1) is 11.4 Å². The summed E-state index contributed by atoms with van der Waals surface area (Å²) in [5, 5.41) is 3.90. The first-order chi connectivity index (χ1) is 13.6. The molecule has 1 saturated carbocycles. The highest BCUT2D eigenvalue weighted by Gasteiger charge is 2.22. The van der Waals surface area contributed by atoms with Gasteiger partial charge in [-0.3, -0.25) is 4.79 Å². The second-order valence-electron chi connectivity index (χ2n) is 7.34.